The fourth-order valence-corrected chi connectivity index (χ4v) is 1.59. The molecule has 0 N–H and O–H groups in total. The molecule has 0 aliphatic carbocycles. The first-order chi connectivity index (χ1) is 8.31. The Morgan fingerprint density at radius 2 is 1.59 bits per heavy atom. The van der Waals surface area contributed by atoms with Gasteiger partial charge in [0.2, 0.25) is 0 Å². The normalized spacial score (nSPS) is 10.9. The Hall–Kier alpha value is -0.790. The van der Waals surface area contributed by atoms with Gasteiger partial charge in [0.15, 0.2) is 0 Å². The van der Waals surface area contributed by atoms with Crippen LogP contribution in [0, 0.1) is 0 Å². The van der Waals surface area contributed by atoms with E-state index in [0.29, 0.717) is 6.61 Å². The highest BCUT2D eigenvalue weighted by molar-refractivity contribution is 5.81. The van der Waals surface area contributed by atoms with Crippen molar-refractivity contribution in [3.63, 3.8) is 0 Å². The van der Waals surface area contributed by atoms with E-state index in [4.69, 9.17) is 4.74 Å². The maximum atomic E-state index is 11.2. The summed E-state index contributed by atoms with van der Waals surface area (Å²) in [6, 6.07) is 0. The number of carbonyl (C=O) groups excluding carboxylic acids is 1. The summed E-state index contributed by atoms with van der Waals surface area (Å²) in [6.45, 7) is 4.87. The highest BCUT2D eigenvalue weighted by Crippen LogP contribution is 2.07. The molecule has 0 unspecified atom stereocenters. The second kappa shape index (κ2) is 13.3. The highest BCUT2D eigenvalue weighted by atomic mass is 16.5. The average molecular weight is 240 g/mol. The first-order valence-corrected chi connectivity index (χ1v) is 7.14. The first kappa shape index (κ1) is 16.2. The summed E-state index contributed by atoms with van der Waals surface area (Å²) < 4.78 is 5.02. The third kappa shape index (κ3) is 13.1. The van der Waals surface area contributed by atoms with Gasteiger partial charge >= 0.3 is 5.97 Å². The fourth-order valence-electron chi connectivity index (χ4n) is 1.59. The second-order valence-electron chi connectivity index (χ2n) is 4.48. The van der Waals surface area contributed by atoms with Crippen LogP contribution in [0.15, 0.2) is 12.2 Å². The molecule has 0 spiro atoms. The van der Waals surface area contributed by atoms with Crippen LogP contribution in [0.5, 0.6) is 0 Å². The number of rotatable bonds is 11. The maximum absolute atomic E-state index is 11.2. The molecule has 0 saturated heterocycles. The van der Waals surface area contributed by atoms with Gasteiger partial charge in [0.05, 0.1) is 6.61 Å². The van der Waals surface area contributed by atoms with Crippen LogP contribution >= 0.6 is 0 Å². The van der Waals surface area contributed by atoms with E-state index >= 15 is 0 Å². The number of esters is 1. The lowest BCUT2D eigenvalue weighted by atomic mass is 10.1. The summed E-state index contributed by atoms with van der Waals surface area (Å²) in [4.78, 5) is 11.2. The number of carbonyl (C=O) groups is 1. The van der Waals surface area contributed by atoms with Crippen LogP contribution in [0.2, 0.25) is 0 Å². The molecule has 0 heterocycles. The largest absolute Gasteiger partial charge is 0.463 e. The van der Waals surface area contributed by atoms with Crippen LogP contribution < -0.4 is 0 Å². The maximum Gasteiger partial charge on any atom is 0.330 e. The smallest absolute Gasteiger partial charge is 0.330 e. The molecule has 0 atom stereocenters. The Bertz CT molecular complexity index is 197. The minimum absolute atomic E-state index is 0.190. The molecule has 0 aromatic rings. The fraction of sp³-hybridized carbons (Fsp3) is 0.800. The van der Waals surface area contributed by atoms with Crippen LogP contribution in [-0.4, -0.2) is 12.6 Å². The molecule has 0 bridgehead atoms. The van der Waals surface area contributed by atoms with Crippen molar-refractivity contribution < 1.29 is 9.53 Å². The van der Waals surface area contributed by atoms with Gasteiger partial charge in [-0.1, -0.05) is 58.4 Å². The lowest BCUT2D eigenvalue weighted by molar-refractivity contribution is -0.137. The van der Waals surface area contributed by atoms with Gasteiger partial charge in [0.1, 0.15) is 0 Å². The molecule has 2 nitrogen and oxygen atoms in total. The van der Waals surface area contributed by atoms with Crippen molar-refractivity contribution in [2.45, 2.75) is 71.6 Å². The standard InChI is InChI=1S/C15H28O2/c1-3-5-7-8-9-10-11-12-13-15(16)17-14-6-4-2/h12-13H,3-11,14H2,1-2H3/b13-12+. The molecule has 100 valence electrons. The Kier molecular flexibility index (Phi) is 12.7. The van der Waals surface area contributed by atoms with Crippen molar-refractivity contribution in [1.82, 2.24) is 0 Å². The van der Waals surface area contributed by atoms with Gasteiger partial charge in [-0.15, -0.1) is 0 Å². The molecule has 0 aliphatic rings. The van der Waals surface area contributed by atoms with Gasteiger partial charge in [0, 0.05) is 6.08 Å². The predicted molar refractivity (Wildman–Crippen MR) is 73.0 cm³/mol. The molecule has 17 heavy (non-hydrogen) atoms. The summed E-state index contributed by atoms with van der Waals surface area (Å²) in [5, 5.41) is 0. The van der Waals surface area contributed by atoms with E-state index in [2.05, 4.69) is 13.8 Å². The van der Waals surface area contributed by atoms with Crippen molar-refractivity contribution in [1.29, 1.82) is 0 Å². The van der Waals surface area contributed by atoms with Crippen LogP contribution in [0.4, 0.5) is 0 Å². The topological polar surface area (TPSA) is 26.3 Å². The Morgan fingerprint density at radius 1 is 0.941 bits per heavy atom. The lowest BCUT2D eigenvalue weighted by Gasteiger charge is -1.99. The number of hydrogen-bond acceptors (Lipinski definition) is 2. The van der Waals surface area contributed by atoms with Crippen molar-refractivity contribution in [2.24, 2.45) is 0 Å². The molecule has 0 fully saturated rings. The van der Waals surface area contributed by atoms with Crippen LogP contribution in [0.3, 0.4) is 0 Å². The highest BCUT2D eigenvalue weighted by Gasteiger charge is 1.94. The van der Waals surface area contributed by atoms with E-state index in [9.17, 15) is 4.79 Å². The second-order valence-corrected chi connectivity index (χ2v) is 4.48. The van der Waals surface area contributed by atoms with Crippen molar-refractivity contribution in [2.75, 3.05) is 6.61 Å². The van der Waals surface area contributed by atoms with Gasteiger partial charge in [-0.2, -0.15) is 0 Å². The van der Waals surface area contributed by atoms with Gasteiger partial charge < -0.3 is 4.74 Å². The molecular formula is C15H28O2. The van der Waals surface area contributed by atoms with E-state index in [1.165, 1.54) is 38.5 Å². The molecule has 2 heteroatoms. The van der Waals surface area contributed by atoms with E-state index in [1.54, 1.807) is 6.08 Å². The SMILES string of the molecule is CCCCCCCC/C=C/C(=O)OCCCC. The van der Waals surface area contributed by atoms with Gasteiger partial charge in [-0.25, -0.2) is 4.79 Å². The van der Waals surface area contributed by atoms with Gasteiger partial charge in [0.25, 0.3) is 0 Å². The molecule has 0 aromatic carbocycles. The predicted octanol–water partition coefficient (Wildman–Crippen LogP) is 4.64. The minimum Gasteiger partial charge on any atom is -0.463 e. The van der Waals surface area contributed by atoms with Gasteiger partial charge in [-0.3, -0.25) is 0 Å². The lowest BCUT2D eigenvalue weighted by Crippen LogP contribution is -2.01. The van der Waals surface area contributed by atoms with E-state index in [1.807, 2.05) is 6.08 Å². The summed E-state index contributed by atoms with van der Waals surface area (Å²) in [6.07, 6.45) is 14.3. The van der Waals surface area contributed by atoms with Crippen molar-refractivity contribution in [3.05, 3.63) is 12.2 Å². The van der Waals surface area contributed by atoms with E-state index in [0.717, 1.165) is 19.3 Å². The number of hydrogen-bond donors (Lipinski definition) is 0. The number of unbranched alkanes of at least 4 members (excludes halogenated alkanes) is 7. The van der Waals surface area contributed by atoms with E-state index < -0.39 is 0 Å². The molecule has 0 aliphatic heterocycles. The summed E-state index contributed by atoms with van der Waals surface area (Å²) in [7, 11) is 0. The summed E-state index contributed by atoms with van der Waals surface area (Å²) in [5.41, 5.74) is 0. The molecule has 0 rings (SSSR count). The number of allylic oxidation sites excluding steroid dienone is 1. The molecule has 0 saturated carbocycles. The Morgan fingerprint density at radius 3 is 2.29 bits per heavy atom. The zero-order valence-electron chi connectivity index (χ0n) is 11.5. The molecular weight excluding hydrogens is 212 g/mol. The number of ether oxygens (including phenoxy) is 1. The zero-order valence-corrected chi connectivity index (χ0v) is 11.5. The monoisotopic (exact) mass is 240 g/mol. The van der Waals surface area contributed by atoms with Crippen LogP contribution in [-0.2, 0) is 9.53 Å². The zero-order chi connectivity index (χ0) is 12.8. The minimum atomic E-state index is -0.190. The third-order valence-corrected chi connectivity index (χ3v) is 2.72. The van der Waals surface area contributed by atoms with Crippen LogP contribution in [0.25, 0.3) is 0 Å². The van der Waals surface area contributed by atoms with Crippen LogP contribution in [0.1, 0.15) is 71.6 Å². The third-order valence-electron chi connectivity index (χ3n) is 2.72. The quantitative estimate of drug-likeness (QED) is 0.299. The Balaban J connectivity index is 3.25. The average Bonchev–Trinajstić information content (AvgIpc) is 2.33. The summed E-state index contributed by atoms with van der Waals surface area (Å²) in [5.74, 6) is -0.190. The molecule has 0 radical (unpaired) electrons. The molecule has 0 amide bonds. The first-order valence-electron chi connectivity index (χ1n) is 7.14. The van der Waals surface area contributed by atoms with E-state index in [-0.39, 0.29) is 5.97 Å². The van der Waals surface area contributed by atoms with Crippen molar-refractivity contribution >= 4 is 5.97 Å². The van der Waals surface area contributed by atoms with Gasteiger partial charge in [-0.05, 0) is 19.3 Å². The Labute approximate surface area is 106 Å². The molecule has 0 aromatic heterocycles. The summed E-state index contributed by atoms with van der Waals surface area (Å²) >= 11 is 0. The van der Waals surface area contributed by atoms with Crippen molar-refractivity contribution in [3.8, 4) is 0 Å².